The van der Waals surface area contributed by atoms with E-state index in [1.165, 1.54) is 61.3 Å². The van der Waals surface area contributed by atoms with Gasteiger partial charge in [0.15, 0.2) is 0 Å². The van der Waals surface area contributed by atoms with Crippen molar-refractivity contribution in [3.63, 3.8) is 0 Å². The van der Waals surface area contributed by atoms with Gasteiger partial charge in [0.25, 0.3) is 0 Å². The molecule has 0 spiro atoms. The molecule has 268 valence electrons. The van der Waals surface area contributed by atoms with Crippen LogP contribution in [0.1, 0.15) is 49.9 Å². The van der Waals surface area contributed by atoms with E-state index in [1.54, 1.807) is 0 Å². The zero-order valence-electron chi connectivity index (χ0n) is 32.1. The molecular formula is C54H41NO. The summed E-state index contributed by atoms with van der Waals surface area (Å²) in [5, 5.41) is 2.28. The van der Waals surface area contributed by atoms with Gasteiger partial charge in [0.05, 0.1) is 5.69 Å². The molecule has 0 aliphatic heterocycles. The maximum atomic E-state index is 6.46. The number of fused-ring (bicyclic) bond motifs is 9. The van der Waals surface area contributed by atoms with Gasteiger partial charge in [-0.1, -0.05) is 161 Å². The predicted octanol–water partition coefficient (Wildman–Crippen LogP) is 15.0. The third-order valence-electron chi connectivity index (χ3n) is 12.7. The molecule has 0 unspecified atom stereocenters. The molecule has 0 fully saturated rings. The van der Waals surface area contributed by atoms with Crippen LogP contribution in [0.15, 0.2) is 180 Å². The molecule has 9 aromatic rings. The monoisotopic (exact) mass is 719 g/mol. The van der Waals surface area contributed by atoms with E-state index in [0.717, 1.165) is 44.4 Å². The summed E-state index contributed by atoms with van der Waals surface area (Å²) in [5.74, 6) is 0. The first kappa shape index (κ1) is 32.8. The summed E-state index contributed by atoms with van der Waals surface area (Å²) < 4.78 is 6.46. The van der Waals surface area contributed by atoms with Crippen LogP contribution in [0, 0.1) is 0 Å². The lowest BCUT2D eigenvalue weighted by molar-refractivity contribution is 0.639. The van der Waals surface area contributed by atoms with E-state index >= 15 is 0 Å². The van der Waals surface area contributed by atoms with Gasteiger partial charge in [-0.2, -0.15) is 0 Å². The van der Waals surface area contributed by atoms with Crippen molar-refractivity contribution in [3.8, 4) is 44.5 Å². The number of nitrogens with zero attached hydrogens (tertiary/aromatic N) is 1. The average molecular weight is 720 g/mol. The number of furan rings is 1. The predicted molar refractivity (Wildman–Crippen MR) is 234 cm³/mol. The van der Waals surface area contributed by atoms with Gasteiger partial charge in [0.2, 0.25) is 0 Å². The van der Waals surface area contributed by atoms with E-state index in [2.05, 4.69) is 202 Å². The number of para-hydroxylation sites is 2. The second kappa shape index (κ2) is 11.9. The van der Waals surface area contributed by atoms with Crippen LogP contribution in [0.5, 0.6) is 0 Å². The quantitative estimate of drug-likeness (QED) is 0.176. The van der Waals surface area contributed by atoms with Gasteiger partial charge in [-0.05, 0) is 98.1 Å². The van der Waals surface area contributed by atoms with Crippen molar-refractivity contribution in [2.75, 3.05) is 4.90 Å². The van der Waals surface area contributed by atoms with E-state index in [1.807, 2.05) is 6.07 Å². The molecule has 0 bridgehead atoms. The molecule has 2 heteroatoms. The molecule has 0 saturated carbocycles. The van der Waals surface area contributed by atoms with Gasteiger partial charge in [-0.3, -0.25) is 0 Å². The van der Waals surface area contributed by atoms with Crippen molar-refractivity contribution in [2.45, 2.75) is 38.5 Å². The zero-order chi connectivity index (χ0) is 37.8. The minimum atomic E-state index is -0.168. The second-order valence-electron chi connectivity index (χ2n) is 16.5. The molecule has 1 aromatic heterocycles. The fraction of sp³-hybridized carbons (Fsp3) is 0.111. The summed E-state index contributed by atoms with van der Waals surface area (Å²) in [5.41, 5.74) is 20.5. The van der Waals surface area contributed by atoms with Gasteiger partial charge in [-0.15, -0.1) is 0 Å². The lowest BCUT2D eigenvalue weighted by Gasteiger charge is -2.29. The summed E-state index contributed by atoms with van der Waals surface area (Å²) in [6.45, 7) is 9.55. The first-order valence-electron chi connectivity index (χ1n) is 19.7. The van der Waals surface area contributed by atoms with E-state index in [4.69, 9.17) is 4.42 Å². The topological polar surface area (TPSA) is 16.4 Å². The third-order valence-corrected chi connectivity index (χ3v) is 12.7. The maximum Gasteiger partial charge on any atom is 0.143 e. The summed E-state index contributed by atoms with van der Waals surface area (Å²) in [6, 6.07) is 64.4. The molecular weight excluding hydrogens is 679 g/mol. The molecule has 0 N–H and O–H groups in total. The number of benzene rings is 8. The lowest BCUT2D eigenvalue weighted by Crippen LogP contribution is -2.19. The Kier molecular flexibility index (Phi) is 6.98. The molecule has 2 nitrogen and oxygen atoms in total. The Morgan fingerprint density at radius 3 is 1.75 bits per heavy atom. The minimum Gasteiger partial charge on any atom is -0.455 e. The van der Waals surface area contributed by atoms with Gasteiger partial charge >= 0.3 is 0 Å². The van der Waals surface area contributed by atoms with Crippen LogP contribution in [0.25, 0.3) is 66.4 Å². The molecule has 2 aliphatic rings. The van der Waals surface area contributed by atoms with E-state index in [-0.39, 0.29) is 10.8 Å². The highest BCUT2D eigenvalue weighted by Gasteiger charge is 2.43. The van der Waals surface area contributed by atoms with Crippen LogP contribution in [0.4, 0.5) is 17.1 Å². The molecule has 2 aliphatic carbocycles. The van der Waals surface area contributed by atoms with Crippen LogP contribution in [-0.2, 0) is 10.8 Å². The summed E-state index contributed by atoms with van der Waals surface area (Å²) in [7, 11) is 0. The first-order chi connectivity index (χ1) is 27.3. The molecule has 11 rings (SSSR count). The highest BCUT2D eigenvalue weighted by atomic mass is 16.3. The van der Waals surface area contributed by atoms with Crippen molar-refractivity contribution in [1.82, 2.24) is 0 Å². The van der Waals surface area contributed by atoms with Crippen LogP contribution >= 0.6 is 0 Å². The summed E-state index contributed by atoms with van der Waals surface area (Å²) >= 11 is 0. The smallest absolute Gasteiger partial charge is 0.143 e. The van der Waals surface area contributed by atoms with Gasteiger partial charge in [0, 0.05) is 44.1 Å². The molecule has 0 amide bonds. The molecule has 8 aromatic carbocycles. The first-order valence-corrected chi connectivity index (χ1v) is 19.7. The number of rotatable bonds is 5. The molecule has 0 radical (unpaired) electrons. The highest BCUT2D eigenvalue weighted by molar-refractivity contribution is 6.09. The van der Waals surface area contributed by atoms with Gasteiger partial charge < -0.3 is 9.32 Å². The van der Waals surface area contributed by atoms with Crippen molar-refractivity contribution >= 4 is 39.0 Å². The molecule has 1 heterocycles. The number of anilines is 3. The largest absolute Gasteiger partial charge is 0.455 e. The standard InChI is InChI=1S/C54H41NO/c1-53(2)45-20-10-8-16-40(45)43-32-44-48(33-47(43)53)54(3,4)46-21-13-22-49(51(44)46)55(37-28-24-35(25-29-37)34-14-6-5-7-15-34)38-30-26-36(27-31-38)39-18-12-19-42-41-17-9-11-23-50(41)56-52(39)42/h5-33H,1-4H3. The zero-order valence-corrected chi connectivity index (χ0v) is 32.1. The van der Waals surface area contributed by atoms with E-state index in [0.29, 0.717) is 0 Å². The highest BCUT2D eigenvalue weighted by Crippen LogP contribution is 2.58. The van der Waals surface area contributed by atoms with Crippen molar-refractivity contribution < 1.29 is 4.42 Å². The second-order valence-corrected chi connectivity index (χ2v) is 16.5. The van der Waals surface area contributed by atoms with E-state index in [9.17, 15) is 0 Å². The lowest BCUT2D eigenvalue weighted by atomic mass is 9.78. The third kappa shape index (κ3) is 4.69. The Labute approximate surface area is 328 Å². The Balaban J connectivity index is 1.10. The SMILES string of the molecule is CC1(C)c2ccccc2-c2cc3c(cc21)C(C)(C)c1cccc(N(c2ccc(-c4ccccc4)cc2)c2ccc(-c4cccc5c4oc4ccccc45)cc2)c1-3. The number of hydrogen-bond acceptors (Lipinski definition) is 2. The Morgan fingerprint density at radius 1 is 0.393 bits per heavy atom. The van der Waals surface area contributed by atoms with Crippen LogP contribution in [-0.4, -0.2) is 0 Å². The summed E-state index contributed by atoms with van der Waals surface area (Å²) in [6.07, 6.45) is 0. The number of hydrogen-bond donors (Lipinski definition) is 0. The molecule has 0 atom stereocenters. The van der Waals surface area contributed by atoms with Gasteiger partial charge in [-0.25, -0.2) is 0 Å². The maximum absolute atomic E-state index is 6.46. The van der Waals surface area contributed by atoms with Crippen LogP contribution in [0.2, 0.25) is 0 Å². The average Bonchev–Trinajstić information content (AvgIpc) is 3.81. The fourth-order valence-corrected chi connectivity index (χ4v) is 9.77. The normalized spacial score (nSPS) is 14.4. The summed E-state index contributed by atoms with van der Waals surface area (Å²) in [4.78, 5) is 2.45. The van der Waals surface area contributed by atoms with Crippen molar-refractivity contribution in [1.29, 1.82) is 0 Å². The van der Waals surface area contributed by atoms with Crippen molar-refractivity contribution in [3.05, 3.63) is 198 Å². The van der Waals surface area contributed by atoms with Crippen molar-refractivity contribution in [2.24, 2.45) is 0 Å². The van der Waals surface area contributed by atoms with Crippen LogP contribution < -0.4 is 4.90 Å². The van der Waals surface area contributed by atoms with E-state index < -0.39 is 0 Å². The fourth-order valence-electron chi connectivity index (χ4n) is 9.77. The van der Waals surface area contributed by atoms with Gasteiger partial charge in [0.1, 0.15) is 11.2 Å². The molecule has 0 saturated heterocycles. The minimum absolute atomic E-state index is 0.0599. The Morgan fingerprint density at radius 2 is 0.964 bits per heavy atom. The Bertz CT molecular complexity index is 3000. The molecule has 56 heavy (non-hydrogen) atoms. The Hall–Kier alpha value is -6.64. The van der Waals surface area contributed by atoms with Crippen LogP contribution in [0.3, 0.4) is 0 Å².